The van der Waals surface area contributed by atoms with Gasteiger partial charge in [-0.1, -0.05) is 17.7 Å². The van der Waals surface area contributed by atoms with Crippen molar-refractivity contribution in [2.45, 2.75) is 13.3 Å². The summed E-state index contributed by atoms with van der Waals surface area (Å²) in [5.41, 5.74) is 2.19. The van der Waals surface area contributed by atoms with Crippen LogP contribution in [-0.2, 0) is 6.42 Å². The second kappa shape index (κ2) is 4.91. The molecule has 18 heavy (non-hydrogen) atoms. The number of hydrogen-bond acceptors (Lipinski definition) is 3. The van der Waals surface area contributed by atoms with Gasteiger partial charge in [0.15, 0.2) is 0 Å². The van der Waals surface area contributed by atoms with Crippen LogP contribution in [0.15, 0.2) is 24.4 Å². The van der Waals surface area contributed by atoms with Gasteiger partial charge in [0.25, 0.3) is 0 Å². The van der Waals surface area contributed by atoms with Crippen LogP contribution < -0.4 is 4.74 Å². The number of aromatic amines is 1. The Labute approximate surface area is 104 Å². The third kappa shape index (κ3) is 2.51. The number of benzene rings is 1. The molecule has 1 aromatic carbocycles. The first-order valence-corrected chi connectivity index (χ1v) is 5.51. The van der Waals surface area contributed by atoms with Gasteiger partial charge in [-0.25, -0.2) is 9.78 Å². The first kappa shape index (κ1) is 12.2. The zero-order valence-corrected chi connectivity index (χ0v) is 10.2. The first-order valence-electron chi connectivity index (χ1n) is 5.51. The van der Waals surface area contributed by atoms with E-state index in [0.29, 0.717) is 12.2 Å². The zero-order chi connectivity index (χ0) is 13.1. The van der Waals surface area contributed by atoms with Crippen molar-refractivity contribution in [2.75, 3.05) is 7.11 Å². The van der Waals surface area contributed by atoms with Crippen molar-refractivity contribution in [1.29, 1.82) is 0 Å². The highest BCUT2D eigenvalue weighted by atomic mass is 16.5. The molecule has 0 aliphatic rings. The van der Waals surface area contributed by atoms with Crippen LogP contribution in [0.2, 0.25) is 0 Å². The Hall–Kier alpha value is -2.30. The molecule has 0 saturated carbocycles. The molecule has 1 aromatic heterocycles. The molecule has 2 aromatic rings. The fraction of sp³-hybridized carbons (Fsp3) is 0.231. The average molecular weight is 246 g/mol. The van der Waals surface area contributed by atoms with Gasteiger partial charge in [-0.05, 0) is 13.0 Å². The summed E-state index contributed by atoms with van der Waals surface area (Å²) in [6, 6.07) is 5.86. The van der Waals surface area contributed by atoms with Crippen LogP contribution in [0.4, 0.5) is 0 Å². The number of H-pyrrole nitrogens is 1. The Morgan fingerprint density at radius 3 is 2.89 bits per heavy atom. The van der Waals surface area contributed by atoms with Gasteiger partial charge in [-0.2, -0.15) is 0 Å². The standard InChI is InChI=1S/C13H14N2O3/c1-8-3-4-11(18-2)9(5-8)6-12-14-7-10(15-12)13(16)17/h3-5,7H,6H2,1-2H3,(H,14,15)(H,16,17). The van der Waals surface area contributed by atoms with E-state index in [-0.39, 0.29) is 5.69 Å². The van der Waals surface area contributed by atoms with Crippen LogP contribution in [-0.4, -0.2) is 28.2 Å². The van der Waals surface area contributed by atoms with E-state index in [0.717, 1.165) is 16.9 Å². The highest BCUT2D eigenvalue weighted by Crippen LogP contribution is 2.21. The molecule has 1 heterocycles. The molecule has 2 rings (SSSR count). The predicted molar refractivity (Wildman–Crippen MR) is 66.1 cm³/mol. The molecule has 0 radical (unpaired) electrons. The Morgan fingerprint density at radius 1 is 1.50 bits per heavy atom. The van der Waals surface area contributed by atoms with Crippen molar-refractivity contribution in [3.8, 4) is 5.75 Å². The number of nitrogens with one attached hydrogen (secondary N) is 1. The molecule has 2 N–H and O–H groups in total. The molecule has 94 valence electrons. The van der Waals surface area contributed by atoms with Crippen molar-refractivity contribution < 1.29 is 14.6 Å². The Kier molecular flexibility index (Phi) is 3.32. The Morgan fingerprint density at radius 2 is 2.28 bits per heavy atom. The fourth-order valence-electron chi connectivity index (χ4n) is 1.79. The smallest absolute Gasteiger partial charge is 0.353 e. The van der Waals surface area contributed by atoms with Gasteiger partial charge in [0.2, 0.25) is 0 Å². The lowest BCUT2D eigenvalue weighted by Gasteiger charge is -2.08. The molecule has 0 fully saturated rings. The average Bonchev–Trinajstić information content (AvgIpc) is 2.78. The first-order chi connectivity index (χ1) is 8.60. The van der Waals surface area contributed by atoms with Gasteiger partial charge in [0.1, 0.15) is 17.3 Å². The number of methoxy groups -OCH3 is 1. The Bertz CT molecular complexity index is 575. The topological polar surface area (TPSA) is 75.2 Å². The minimum atomic E-state index is -1.01. The highest BCUT2D eigenvalue weighted by molar-refractivity contribution is 5.85. The van der Waals surface area contributed by atoms with Crippen molar-refractivity contribution in [3.63, 3.8) is 0 Å². The van der Waals surface area contributed by atoms with Crippen molar-refractivity contribution >= 4 is 5.97 Å². The largest absolute Gasteiger partial charge is 0.496 e. The molecule has 5 nitrogen and oxygen atoms in total. The summed E-state index contributed by atoms with van der Waals surface area (Å²) < 4.78 is 5.27. The number of aromatic carboxylic acids is 1. The molecule has 0 spiro atoms. The second-order valence-electron chi connectivity index (χ2n) is 4.04. The van der Waals surface area contributed by atoms with Crippen LogP contribution in [0.25, 0.3) is 0 Å². The Balaban J connectivity index is 2.27. The van der Waals surface area contributed by atoms with Gasteiger partial charge in [-0.3, -0.25) is 0 Å². The van der Waals surface area contributed by atoms with E-state index in [2.05, 4.69) is 9.97 Å². The number of carboxylic acid groups (broad SMARTS) is 1. The maximum atomic E-state index is 10.7. The summed E-state index contributed by atoms with van der Waals surface area (Å²) in [5.74, 6) is 0.370. The minimum absolute atomic E-state index is 0.0941. The van der Waals surface area contributed by atoms with E-state index < -0.39 is 5.97 Å². The number of aryl methyl sites for hydroxylation is 1. The number of imidazole rings is 1. The number of aromatic nitrogens is 2. The van der Waals surface area contributed by atoms with Crippen LogP contribution in [0.1, 0.15) is 27.4 Å². The van der Waals surface area contributed by atoms with Crippen molar-refractivity contribution in [1.82, 2.24) is 9.97 Å². The van der Waals surface area contributed by atoms with Gasteiger partial charge in [0.05, 0.1) is 13.3 Å². The summed E-state index contributed by atoms with van der Waals surface area (Å²) in [7, 11) is 1.61. The summed E-state index contributed by atoms with van der Waals surface area (Å²) >= 11 is 0. The maximum Gasteiger partial charge on any atom is 0.353 e. The van der Waals surface area contributed by atoms with Gasteiger partial charge >= 0.3 is 5.97 Å². The minimum Gasteiger partial charge on any atom is -0.496 e. The van der Waals surface area contributed by atoms with Crippen LogP contribution in [0, 0.1) is 6.92 Å². The summed E-state index contributed by atoms with van der Waals surface area (Å²) in [4.78, 5) is 17.6. The lowest BCUT2D eigenvalue weighted by Crippen LogP contribution is -1.98. The molecule has 0 aliphatic carbocycles. The predicted octanol–water partition coefficient (Wildman–Crippen LogP) is 2.02. The number of carboxylic acids is 1. The summed E-state index contributed by atoms with van der Waals surface area (Å²) in [5, 5.41) is 8.81. The maximum absolute atomic E-state index is 10.7. The molecule has 0 atom stereocenters. The van der Waals surface area contributed by atoms with Gasteiger partial charge < -0.3 is 14.8 Å². The van der Waals surface area contributed by atoms with Gasteiger partial charge in [0, 0.05) is 12.0 Å². The molecule has 0 aliphatic heterocycles. The molecule has 0 bridgehead atoms. The van der Waals surface area contributed by atoms with Crippen LogP contribution in [0.3, 0.4) is 0 Å². The molecular formula is C13H14N2O3. The number of ether oxygens (including phenoxy) is 1. The third-order valence-electron chi connectivity index (χ3n) is 2.65. The van der Waals surface area contributed by atoms with E-state index in [1.807, 2.05) is 25.1 Å². The lowest BCUT2D eigenvalue weighted by atomic mass is 10.1. The molecule has 5 heteroatoms. The summed E-state index contributed by atoms with van der Waals surface area (Å²) in [6.07, 6.45) is 1.83. The van der Waals surface area contributed by atoms with E-state index in [1.165, 1.54) is 6.20 Å². The zero-order valence-electron chi connectivity index (χ0n) is 10.2. The van der Waals surface area contributed by atoms with E-state index in [4.69, 9.17) is 9.84 Å². The molecule has 0 saturated heterocycles. The number of rotatable bonds is 4. The number of hydrogen-bond donors (Lipinski definition) is 2. The fourth-order valence-corrected chi connectivity index (χ4v) is 1.79. The SMILES string of the molecule is COc1ccc(C)cc1Cc1ncc(C(=O)O)[nH]1. The summed E-state index contributed by atoms with van der Waals surface area (Å²) in [6.45, 7) is 1.99. The lowest BCUT2D eigenvalue weighted by molar-refractivity contribution is 0.0691. The van der Waals surface area contributed by atoms with Crippen molar-refractivity contribution in [3.05, 3.63) is 47.0 Å². The normalized spacial score (nSPS) is 10.3. The number of carbonyl (C=O) groups is 1. The highest BCUT2D eigenvalue weighted by Gasteiger charge is 2.10. The second-order valence-corrected chi connectivity index (χ2v) is 4.04. The molecular weight excluding hydrogens is 232 g/mol. The van der Waals surface area contributed by atoms with E-state index in [9.17, 15) is 4.79 Å². The van der Waals surface area contributed by atoms with Crippen molar-refractivity contribution in [2.24, 2.45) is 0 Å². The molecule has 0 amide bonds. The van der Waals surface area contributed by atoms with Gasteiger partial charge in [-0.15, -0.1) is 0 Å². The number of nitrogens with zero attached hydrogens (tertiary/aromatic N) is 1. The third-order valence-corrected chi connectivity index (χ3v) is 2.65. The van der Waals surface area contributed by atoms with E-state index >= 15 is 0 Å². The molecule has 0 unspecified atom stereocenters. The van der Waals surface area contributed by atoms with Crippen LogP contribution in [0.5, 0.6) is 5.75 Å². The van der Waals surface area contributed by atoms with E-state index in [1.54, 1.807) is 7.11 Å². The van der Waals surface area contributed by atoms with Crippen LogP contribution >= 0.6 is 0 Å². The monoisotopic (exact) mass is 246 g/mol. The quantitative estimate of drug-likeness (QED) is 0.865.